The van der Waals surface area contributed by atoms with Gasteiger partial charge in [0, 0.05) is 83.2 Å². The summed E-state index contributed by atoms with van der Waals surface area (Å²) in [6.07, 6.45) is 4.25. The van der Waals surface area contributed by atoms with Crippen LogP contribution in [0.1, 0.15) is 69.1 Å². The first-order chi connectivity index (χ1) is 35.0. The van der Waals surface area contributed by atoms with E-state index < -0.39 is 24.0 Å². The number of fused-ring (bicyclic) bond motifs is 7. The highest BCUT2D eigenvalue weighted by Gasteiger charge is 2.34. The molecular formula is C58H62BN6O9. The Morgan fingerprint density at radius 1 is 0.649 bits per heavy atom. The minimum atomic E-state index is -0.972. The molecule has 16 heteroatoms. The second kappa shape index (κ2) is 25.5. The number of aliphatic carboxylic acids is 2. The number of nitrogens with two attached hydrogens (primary N) is 1. The van der Waals surface area contributed by atoms with Crippen molar-refractivity contribution in [3.63, 3.8) is 0 Å². The van der Waals surface area contributed by atoms with Crippen molar-refractivity contribution in [2.75, 3.05) is 27.9 Å². The highest BCUT2D eigenvalue weighted by atomic mass is 16.5. The molecule has 3 radical (unpaired) electrons. The molecule has 381 valence electrons. The zero-order valence-corrected chi connectivity index (χ0v) is 40.7. The molecule has 6 aromatic carbocycles. The third-order valence-corrected chi connectivity index (χ3v) is 12.9. The number of ether oxygens (including phenoxy) is 3. The number of methoxy groups -OCH3 is 3. The average Bonchev–Trinajstić information content (AvgIpc) is 4.14. The second-order valence-electron chi connectivity index (χ2n) is 17.5. The van der Waals surface area contributed by atoms with Gasteiger partial charge in [0.15, 0.2) is 0 Å². The van der Waals surface area contributed by atoms with Crippen LogP contribution in [0.5, 0.6) is 17.2 Å². The smallest absolute Gasteiger partial charge is 0.321 e. The van der Waals surface area contributed by atoms with E-state index in [1.807, 2.05) is 103 Å². The third-order valence-electron chi connectivity index (χ3n) is 12.9. The molecule has 4 unspecified atom stereocenters. The summed E-state index contributed by atoms with van der Waals surface area (Å²) < 4.78 is 15.6. The maximum atomic E-state index is 11.6. The molecule has 0 fully saturated rings. The van der Waals surface area contributed by atoms with E-state index in [2.05, 4.69) is 49.9 Å². The Morgan fingerprint density at radius 3 is 1.65 bits per heavy atom. The molecule has 2 aliphatic rings. The van der Waals surface area contributed by atoms with E-state index >= 15 is 0 Å². The molecule has 0 saturated carbocycles. The number of nitrogens with one attached hydrogen (secondary N) is 5. The highest BCUT2D eigenvalue weighted by molar-refractivity contribution is 5.88. The average molecular weight is 998 g/mol. The quantitative estimate of drug-likeness (QED) is 0.0438. The Hall–Kier alpha value is -8.15. The van der Waals surface area contributed by atoms with E-state index in [0.717, 1.165) is 79.5 Å². The van der Waals surface area contributed by atoms with Crippen LogP contribution in [0.3, 0.4) is 0 Å². The second-order valence-corrected chi connectivity index (χ2v) is 17.5. The van der Waals surface area contributed by atoms with Gasteiger partial charge < -0.3 is 50.2 Å². The number of aromatic nitrogens is 3. The Bertz CT molecular complexity index is 3310. The molecule has 9 aromatic rings. The first-order valence-electron chi connectivity index (χ1n) is 23.5. The number of carbonyl (C=O) groups is 3. The van der Waals surface area contributed by atoms with Gasteiger partial charge in [0.05, 0.1) is 40.0 Å². The Morgan fingerprint density at radius 2 is 1.14 bits per heavy atom. The maximum Gasteiger partial charge on any atom is 0.321 e. The monoisotopic (exact) mass is 997 g/mol. The molecule has 15 nitrogen and oxygen atoms in total. The maximum absolute atomic E-state index is 11.6. The molecule has 3 aromatic heterocycles. The van der Waals surface area contributed by atoms with Crippen molar-refractivity contribution in [2.24, 2.45) is 5.73 Å². The van der Waals surface area contributed by atoms with E-state index in [-0.39, 0.29) is 40.6 Å². The van der Waals surface area contributed by atoms with Crippen LogP contribution in [-0.2, 0) is 28.9 Å². The zero-order valence-electron chi connectivity index (χ0n) is 40.7. The molecule has 0 spiro atoms. The van der Waals surface area contributed by atoms with E-state index in [1.54, 1.807) is 45.6 Å². The van der Waals surface area contributed by atoms with Crippen LogP contribution in [0.2, 0.25) is 0 Å². The minimum Gasteiger partial charge on any atom is -0.497 e. The lowest BCUT2D eigenvalue weighted by Crippen LogP contribution is -2.44. The van der Waals surface area contributed by atoms with Gasteiger partial charge in [-0.1, -0.05) is 98.4 Å². The lowest BCUT2D eigenvalue weighted by Gasteiger charge is -2.31. The fourth-order valence-electron chi connectivity index (χ4n) is 9.33. The van der Waals surface area contributed by atoms with E-state index in [4.69, 9.17) is 25.1 Å². The zero-order chi connectivity index (χ0) is 50.7. The van der Waals surface area contributed by atoms with E-state index in [0.29, 0.717) is 24.2 Å². The first-order valence-corrected chi connectivity index (χ1v) is 23.5. The van der Waals surface area contributed by atoms with Crippen LogP contribution in [0.25, 0.3) is 32.7 Å². The number of aldehydes is 1. The van der Waals surface area contributed by atoms with Crippen LogP contribution >= 0.6 is 0 Å². The molecule has 0 bridgehead atoms. The molecule has 0 saturated heterocycles. The number of aromatic amines is 3. The SMILES string of the molecule is C.COc1cccc(C2NC(C(=O)O)Cc3c2[nH]c2ccccc32)c1.COc1cccc(C2NC(CO)Cc3c2[nH]c2ccccc32)c1.COc1cccc(C=O)c1.N[C@@H](Cc1c[nH]c2ccccc12)C(=O)O.[B]. The van der Waals surface area contributed by atoms with Crippen molar-refractivity contribution >= 4 is 59.3 Å². The predicted molar refractivity (Wildman–Crippen MR) is 291 cm³/mol. The number of aliphatic hydroxyl groups is 1. The lowest BCUT2D eigenvalue weighted by molar-refractivity contribution is -0.140. The fourth-order valence-corrected chi connectivity index (χ4v) is 9.33. The number of rotatable bonds is 11. The van der Waals surface area contributed by atoms with Gasteiger partial charge in [-0.2, -0.15) is 0 Å². The largest absolute Gasteiger partial charge is 0.497 e. The van der Waals surface area contributed by atoms with Crippen molar-refractivity contribution in [3.8, 4) is 17.2 Å². The van der Waals surface area contributed by atoms with Gasteiger partial charge in [0.1, 0.15) is 35.6 Å². The number of aliphatic hydroxyl groups excluding tert-OH is 1. The minimum absolute atomic E-state index is 0. The Kier molecular flexibility index (Phi) is 19.0. The number of carboxylic acids is 2. The fraction of sp³-hybridized carbons (Fsp3) is 0.224. The molecule has 74 heavy (non-hydrogen) atoms. The van der Waals surface area contributed by atoms with Gasteiger partial charge in [0.2, 0.25) is 0 Å². The van der Waals surface area contributed by atoms with Gasteiger partial charge in [-0.15, -0.1) is 0 Å². The van der Waals surface area contributed by atoms with E-state index in [1.165, 1.54) is 16.6 Å². The van der Waals surface area contributed by atoms with Crippen LogP contribution < -0.4 is 30.6 Å². The van der Waals surface area contributed by atoms with E-state index in [9.17, 15) is 24.6 Å². The number of carboxylic acid groups (broad SMARTS) is 2. The molecule has 11 rings (SSSR count). The molecule has 5 heterocycles. The number of H-pyrrole nitrogens is 3. The van der Waals surface area contributed by atoms with Crippen molar-refractivity contribution in [2.45, 2.75) is 56.9 Å². The van der Waals surface area contributed by atoms with Gasteiger partial charge in [0.25, 0.3) is 0 Å². The number of hydrogen-bond acceptors (Lipinski definition) is 10. The standard InChI is InChI=1S/C19H18N2O3.C19H20N2O2.C11H12N2O2.C8H8O2.CH4.B/c1-24-12-6-4-5-11(9-12)17-18-14(10-16(21-17)19(22)23)13-7-2-3-8-15(13)20-18;1-23-14-6-4-5-12(9-14)18-19-16(10-13(11-22)20-18)15-7-2-3-8-17(15)21-19;12-9(11(14)15)5-7-6-13-10-4-2-1-3-8(7)10;1-10-8-4-2-3-7(5-8)6-9;;/h2-9,16-17,20-21H,10H2,1H3,(H,22,23);2-9,13,18,20-22H,10-11H2,1H3;1-4,6,9,13H,5,12H2,(H,14,15);2-6H,1H3;1H4;/t;;9-;;;/m..0.../s1. The third kappa shape index (κ3) is 12.5. The number of carbonyl (C=O) groups excluding carboxylic acids is 1. The van der Waals surface area contributed by atoms with Crippen LogP contribution in [0.4, 0.5) is 0 Å². The summed E-state index contributed by atoms with van der Waals surface area (Å²) in [7, 11) is 4.88. The lowest BCUT2D eigenvalue weighted by atomic mass is 9.90. The van der Waals surface area contributed by atoms with Crippen molar-refractivity contribution < 1.29 is 43.9 Å². The normalized spacial score (nSPS) is 16.6. The van der Waals surface area contributed by atoms with Crippen molar-refractivity contribution in [1.29, 1.82) is 0 Å². The number of benzene rings is 6. The van der Waals surface area contributed by atoms with Gasteiger partial charge in [-0.3, -0.25) is 25.0 Å². The van der Waals surface area contributed by atoms with Gasteiger partial charge in [-0.05, 0) is 88.8 Å². The summed E-state index contributed by atoms with van der Waals surface area (Å²) in [4.78, 5) is 42.6. The summed E-state index contributed by atoms with van der Waals surface area (Å²) in [5.74, 6) is 0.501. The molecule has 0 amide bonds. The molecule has 0 aliphatic carbocycles. The molecule has 5 atom stereocenters. The molecule has 10 N–H and O–H groups in total. The highest BCUT2D eigenvalue weighted by Crippen LogP contribution is 2.37. The summed E-state index contributed by atoms with van der Waals surface area (Å²) in [6, 6.07) is 45.4. The molecular weight excluding hydrogens is 935 g/mol. The van der Waals surface area contributed by atoms with Gasteiger partial charge in [-0.25, -0.2) is 0 Å². The molecule has 2 aliphatic heterocycles. The summed E-state index contributed by atoms with van der Waals surface area (Å²) >= 11 is 0. The number of para-hydroxylation sites is 3. The summed E-state index contributed by atoms with van der Waals surface area (Å²) in [5, 5.41) is 38.1. The summed E-state index contributed by atoms with van der Waals surface area (Å²) in [5.41, 5.74) is 16.9. The van der Waals surface area contributed by atoms with Crippen LogP contribution in [0, 0.1) is 0 Å². The topological polar surface area (TPSA) is 237 Å². The number of hydrogen-bond donors (Lipinski definition) is 9. The first kappa shape index (κ1) is 55.2. The Balaban J connectivity index is 0.000000167. The Labute approximate surface area is 431 Å². The predicted octanol–water partition coefficient (Wildman–Crippen LogP) is 8.52. The van der Waals surface area contributed by atoms with Crippen molar-refractivity contribution in [1.82, 2.24) is 25.6 Å². The summed E-state index contributed by atoms with van der Waals surface area (Å²) in [6.45, 7) is 0.124. The van der Waals surface area contributed by atoms with Crippen LogP contribution in [-0.4, -0.2) is 103 Å². The van der Waals surface area contributed by atoms with Crippen LogP contribution in [0.15, 0.2) is 152 Å². The van der Waals surface area contributed by atoms with Gasteiger partial charge >= 0.3 is 11.9 Å². The van der Waals surface area contributed by atoms with Crippen molar-refractivity contribution in [3.05, 3.63) is 197 Å².